The molecule has 1 aliphatic carbocycles. The smallest absolute Gasteiger partial charge is 0.135 e. The van der Waals surface area contributed by atoms with Crippen LogP contribution in [0.15, 0.2) is 35.4 Å². The Bertz CT molecular complexity index is 480. The lowest BCUT2D eigenvalue weighted by atomic mass is 9.96. The Morgan fingerprint density at radius 1 is 1.30 bits per heavy atom. The van der Waals surface area contributed by atoms with E-state index in [2.05, 4.69) is 10.0 Å². The van der Waals surface area contributed by atoms with Crippen LogP contribution < -0.4 is 0 Å². The molecule has 0 heterocycles. The van der Waals surface area contributed by atoms with Gasteiger partial charge in [0.15, 0.2) is 0 Å². The highest BCUT2D eigenvalue weighted by Gasteiger charge is 2.23. The summed E-state index contributed by atoms with van der Waals surface area (Å²) in [5, 5.41) is 3.89. The third kappa shape index (κ3) is 4.10. The van der Waals surface area contributed by atoms with E-state index in [-0.39, 0.29) is 6.04 Å². The first-order valence-electron chi connectivity index (χ1n) is 7.43. The second kappa shape index (κ2) is 7.71. The summed E-state index contributed by atoms with van der Waals surface area (Å²) in [6.07, 6.45) is 6.80. The first-order valence-corrected chi connectivity index (χ1v) is 7.43. The molecule has 0 aromatic heterocycles. The molecular formula is C16H21N3O. The monoisotopic (exact) mass is 271 g/mol. The Hall–Kier alpha value is -1.80. The molecule has 1 aromatic carbocycles. The Morgan fingerprint density at radius 3 is 2.75 bits per heavy atom. The number of benzene rings is 1. The van der Waals surface area contributed by atoms with Crippen molar-refractivity contribution in [3.05, 3.63) is 46.3 Å². The van der Waals surface area contributed by atoms with Gasteiger partial charge in [-0.15, -0.1) is 0 Å². The predicted octanol–water partition coefficient (Wildman–Crippen LogP) is 4.97. The van der Waals surface area contributed by atoms with Gasteiger partial charge < -0.3 is 0 Å². The molecule has 0 amide bonds. The quantitative estimate of drug-likeness (QED) is 0.299. The van der Waals surface area contributed by atoms with Gasteiger partial charge in [-0.05, 0) is 36.8 Å². The first kappa shape index (κ1) is 14.6. The molecule has 0 saturated heterocycles. The average molecular weight is 271 g/mol. The number of nitrogens with zero attached hydrogens (tertiary/aromatic N) is 3. The van der Waals surface area contributed by atoms with Crippen molar-refractivity contribution in [2.75, 3.05) is 0 Å². The average Bonchev–Trinajstić information content (AvgIpc) is 2.89. The molecule has 0 bridgehead atoms. The van der Waals surface area contributed by atoms with Gasteiger partial charge in [-0.1, -0.05) is 48.3 Å². The lowest BCUT2D eigenvalue weighted by Gasteiger charge is -2.12. The van der Waals surface area contributed by atoms with Gasteiger partial charge in [0.1, 0.15) is 5.78 Å². The second-order valence-electron chi connectivity index (χ2n) is 5.47. The van der Waals surface area contributed by atoms with Gasteiger partial charge in [-0.3, -0.25) is 4.79 Å². The normalized spacial score (nSPS) is 19.6. The van der Waals surface area contributed by atoms with Crippen LogP contribution in [0.3, 0.4) is 0 Å². The van der Waals surface area contributed by atoms with E-state index in [0.29, 0.717) is 11.7 Å². The molecule has 4 nitrogen and oxygen atoms in total. The minimum Gasteiger partial charge on any atom is -0.299 e. The van der Waals surface area contributed by atoms with Crippen molar-refractivity contribution in [2.24, 2.45) is 11.0 Å². The van der Waals surface area contributed by atoms with Crippen LogP contribution in [0.1, 0.15) is 56.6 Å². The van der Waals surface area contributed by atoms with Crippen LogP contribution >= 0.6 is 0 Å². The summed E-state index contributed by atoms with van der Waals surface area (Å²) >= 11 is 0. The van der Waals surface area contributed by atoms with Crippen molar-refractivity contribution in [1.82, 2.24) is 0 Å². The SMILES string of the molecule is [N-]=[N+]=NC(CCCCC1CCCC1=O)c1ccccc1. The molecule has 106 valence electrons. The number of ketones is 1. The third-order valence-electron chi connectivity index (χ3n) is 4.09. The van der Waals surface area contributed by atoms with Crippen LogP contribution in [-0.4, -0.2) is 5.78 Å². The number of azide groups is 1. The lowest BCUT2D eigenvalue weighted by Crippen LogP contribution is -2.06. The number of hydrogen-bond acceptors (Lipinski definition) is 2. The van der Waals surface area contributed by atoms with E-state index in [0.717, 1.165) is 50.5 Å². The Kier molecular flexibility index (Phi) is 5.63. The van der Waals surface area contributed by atoms with Gasteiger partial charge in [-0.25, -0.2) is 0 Å². The Balaban J connectivity index is 1.78. The maximum absolute atomic E-state index is 11.6. The fourth-order valence-electron chi connectivity index (χ4n) is 2.95. The molecular weight excluding hydrogens is 250 g/mol. The molecule has 1 saturated carbocycles. The number of carbonyl (C=O) groups excluding carboxylic acids is 1. The van der Waals surface area contributed by atoms with E-state index in [1.54, 1.807) is 0 Å². The van der Waals surface area contributed by atoms with Gasteiger partial charge >= 0.3 is 0 Å². The fourth-order valence-corrected chi connectivity index (χ4v) is 2.95. The summed E-state index contributed by atoms with van der Waals surface area (Å²) in [5.74, 6) is 0.740. The number of rotatable bonds is 7. The molecule has 20 heavy (non-hydrogen) atoms. The van der Waals surface area contributed by atoms with Crippen molar-refractivity contribution < 1.29 is 4.79 Å². The minimum absolute atomic E-state index is 0.0829. The second-order valence-corrected chi connectivity index (χ2v) is 5.47. The number of unbranched alkanes of at least 4 members (excludes halogenated alkanes) is 1. The lowest BCUT2D eigenvalue weighted by molar-refractivity contribution is -0.120. The predicted molar refractivity (Wildman–Crippen MR) is 79.1 cm³/mol. The van der Waals surface area contributed by atoms with E-state index in [1.807, 2.05) is 30.3 Å². The zero-order chi connectivity index (χ0) is 14.2. The largest absolute Gasteiger partial charge is 0.299 e. The molecule has 1 fully saturated rings. The summed E-state index contributed by atoms with van der Waals surface area (Å²) in [6.45, 7) is 0. The van der Waals surface area contributed by atoms with Crippen LogP contribution in [0, 0.1) is 5.92 Å². The summed E-state index contributed by atoms with van der Waals surface area (Å²) in [7, 11) is 0. The van der Waals surface area contributed by atoms with Crippen molar-refractivity contribution in [3.8, 4) is 0 Å². The maximum atomic E-state index is 11.6. The number of Topliss-reactive ketones (excluding diaryl/α,β-unsaturated/α-hetero) is 1. The highest BCUT2D eigenvalue weighted by atomic mass is 16.1. The highest BCUT2D eigenvalue weighted by Crippen LogP contribution is 2.28. The molecule has 2 rings (SSSR count). The highest BCUT2D eigenvalue weighted by molar-refractivity contribution is 5.82. The molecule has 0 spiro atoms. The summed E-state index contributed by atoms with van der Waals surface area (Å²) in [5.41, 5.74) is 9.75. The Morgan fingerprint density at radius 2 is 2.10 bits per heavy atom. The summed E-state index contributed by atoms with van der Waals surface area (Å²) < 4.78 is 0. The van der Waals surface area contributed by atoms with E-state index in [1.165, 1.54) is 0 Å². The molecule has 2 atom stereocenters. The van der Waals surface area contributed by atoms with E-state index < -0.39 is 0 Å². The molecule has 1 aliphatic rings. The molecule has 0 N–H and O–H groups in total. The summed E-state index contributed by atoms with van der Waals surface area (Å²) in [6, 6.07) is 9.81. The first-order chi connectivity index (χ1) is 9.81. The number of hydrogen-bond donors (Lipinski definition) is 0. The fraction of sp³-hybridized carbons (Fsp3) is 0.562. The molecule has 4 heteroatoms. The third-order valence-corrected chi connectivity index (χ3v) is 4.09. The Labute approximate surface area is 119 Å². The van der Waals surface area contributed by atoms with Crippen molar-refractivity contribution in [1.29, 1.82) is 0 Å². The van der Waals surface area contributed by atoms with Crippen LogP contribution in [0.2, 0.25) is 0 Å². The van der Waals surface area contributed by atoms with Gasteiger partial charge in [0.25, 0.3) is 0 Å². The summed E-state index contributed by atoms with van der Waals surface area (Å²) in [4.78, 5) is 14.5. The maximum Gasteiger partial charge on any atom is 0.135 e. The van der Waals surface area contributed by atoms with E-state index >= 15 is 0 Å². The molecule has 2 unspecified atom stereocenters. The molecule has 0 radical (unpaired) electrons. The standard InChI is InChI=1S/C16H21N3O/c17-19-18-15(13-7-2-1-3-8-13)11-5-4-9-14-10-6-12-16(14)20/h1-3,7-8,14-15H,4-6,9-12H2. The van der Waals surface area contributed by atoms with Crippen LogP contribution in [0.4, 0.5) is 0 Å². The van der Waals surface area contributed by atoms with Gasteiger partial charge in [-0.2, -0.15) is 0 Å². The zero-order valence-electron chi connectivity index (χ0n) is 11.7. The van der Waals surface area contributed by atoms with Crippen LogP contribution in [0.5, 0.6) is 0 Å². The van der Waals surface area contributed by atoms with E-state index in [4.69, 9.17) is 5.53 Å². The van der Waals surface area contributed by atoms with Crippen LogP contribution in [0.25, 0.3) is 10.4 Å². The van der Waals surface area contributed by atoms with Gasteiger partial charge in [0, 0.05) is 17.3 Å². The van der Waals surface area contributed by atoms with Gasteiger partial charge in [0.2, 0.25) is 0 Å². The molecule has 0 aliphatic heterocycles. The zero-order valence-corrected chi connectivity index (χ0v) is 11.7. The van der Waals surface area contributed by atoms with Crippen LogP contribution in [-0.2, 0) is 4.79 Å². The minimum atomic E-state index is -0.0829. The topological polar surface area (TPSA) is 65.8 Å². The van der Waals surface area contributed by atoms with Crippen molar-refractivity contribution in [3.63, 3.8) is 0 Å². The van der Waals surface area contributed by atoms with Gasteiger partial charge in [0.05, 0.1) is 6.04 Å². The van der Waals surface area contributed by atoms with E-state index in [9.17, 15) is 4.79 Å². The van der Waals surface area contributed by atoms with Crippen molar-refractivity contribution >= 4 is 5.78 Å². The van der Waals surface area contributed by atoms with Crippen molar-refractivity contribution in [2.45, 2.75) is 51.0 Å². The number of carbonyl (C=O) groups is 1. The molecule has 1 aromatic rings.